The number of nitrogens with zero attached hydrogens (tertiary/aromatic N) is 1. The largest absolute Gasteiger partial charge is 0.480 e. The molecular formula is C28H31NO5S2. The van der Waals surface area contributed by atoms with Gasteiger partial charge in [0.05, 0.1) is 16.8 Å². The smallest absolute Gasteiger partial charge is 0.327 e. The second kappa shape index (κ2) is 10.3. The Balaban J connectivity index is 1.96. The minimum absolute atomic E-state index is 0.0797. The Morgan fingerprint density at radius 2 is 1.72 bits per heavy atom. The number of hydrogen-bond acceptors (Lipinski definition) is 6. The van der Waals surface area contributed by atoms with Crippen LogP contribution in [0.1, 0.15) is 64.0 Å². The third-order valence-electron chi connectivity index (χ3n) is 6.87. The van der Waals surface area contributed by atoms with E-state index in [1.165, 1.54) is 34.7 Å². The fourth-order valence-corrected chi connectivity index (χ4v) is 6.94. The van der Waals surface area contributed by atoms with Crippen LogP contribution in [-0.4, -0.2) is 47.4 Å². The Labute approximate surface area is 219 Å². The van der Waals surface area contributed by atoms with Gasteiger partial charge in [0.15, 0.2) is 5.78 Å². The van der Waals surface area contributed by atoms with Gasteiger partial charge >= 0.3 is 5.97 Å². The lowest BCUT2D eigenvalue weighted by Gasteiger charge is -2.29. The second-order valence-corrected chi connectivity index (χ2v) is 12.1. The minimum atomic E-state index is -1.21. The topological polar surface area (TPSA) is 83.9 Å². The van der Waals surface area contributed by atoms with Gasteiger partial charge in [-0.1, -0.05) is 51.1 Å². The fourth-order valence-electron chi connectivity index (χ4n) is 5.15. The molecule has 0 bridgehead atoms. The summed E-state index contributed by atoms with van der Waals surface area (Å²) in [7, 11) is 1.41. The molecule has 4 rings (SSSR count). The Bertz CT molecular complexity index is 1240. The zero-order valence-electron chi connectivity index (χ0n) is 21.1. The number of likely N-dealkylation sites (tertiary alicyclic amines) is 1. The predicted octanol–water partition coefficient (Wildman–Crippen LogP) is 5.68. The Kier molecular flexibility index (Phi) is 7.50. The molecule has 0 saturated carbocycles. The van der Waals surface area contributed by atoms with E-state index in [-0.39, 0.29) is 17.8 Å². The minimum Gasteiger partial charge on any atom is -0.480 e. The van der Waals surface area contributed by atoms with E-state index in [4.69, 9.17) is 4.74 Å². The van der Waals surface area contributed by atoms with E-state index in [9.17, 15) is 19.5 Å². The van der Waals surface area contributed by atoms with Crippen molar-refractivity contribution >= 4 is 40.3 Å². The summed E-state index contributed by atoms with van der Waals surface area (Å²) in [4.78, 5) is 43.1. The molecule has 4 atom stereocenters. The number of carboxylic acid groups (broad SMARTS) is 1. The maximum absolute atomic E-state index is 14.1. The van der Waals surface area contributed by atoms with Crippen molar-refractivity contribution in [2.45, 2.75) is 51.1 Å². The van der Waals surface area contributed by atoms with Crippen molar-refractivity contribution in [1.82, 2.24) is 4.90 Å². The maximum Gasteiger partial charge on any atom is 0.327 e. The van der Waals surface area contributed by atoms with Crippen molar-refractivity contribution in [1.29, 1.82) is 0 Å². The molecule has 1 aliphatic rings. The van der Waals surface area contributed by atoms with E-state index in [1.54, 1.807) is 6.07 Å². The molecule has 0 radical (unpaired) electrons. The van der Waals surface area contributed by atoms with E-state index >= 15 is 0 Å². The summed E-state index contributed by atoms with van der Waals surface area (Å²) < 4.78 is 5.14. The molecule has 2 aromatic heterocycles. The average Bonchev–Trinajstić information content (AvgIpc) is 3.56. The van der Waals surface area contributed by atoms with Crippen LogP contribution in [0.4, 0.5) is 0 Å². The predicted molar refractivity (Wildman–Crippen MR) is 142 cm³/mol. The first-order valence-electron chi connectivity index (χ1n) is 11.8. The molecule has 36 heavy (non-hydrogen) atoms. The quantitative estimate of drug-likeness (QED) is 0.401. The molecule has 190 valence electrons. The van der Waals surface area contributed by atoms with Crippen LogP contribution in [0.15, 0.2) is 53.2 Å². The van der Waals surface area contributed by atoms with Gasteiger partial charge in [-0.05, 0) is 51.9 Å². The molecule has 0 aliphatic carbocycles. The van der Waals surface area contributed by atoms with E-state index in [1.807, 2.05) is 54.1 Å². The highest BCUT2D eigenvalue weighted by molar-refractivity contribution is 7.12. The van der Waals surface area contributed by atoms with Gasteiger partial charge in [-0.25, -0.2) is 4.79 Å². The van der Waals surface area contributed by atoms with Gasteiger partial charge in [0, 0.05) is 17.9 Å². The van der Waals surface area contributed by atoms with Crippen LogP contribution in [0.2, 0.25) is 0 Å². The molecule has 6 nitrogen and oxygen atoms in total. The highest BCUT2D eigenvalue weighted by Gasteiger charge is 2.58. The van der Waals surface area contributed by atoms with Gasteiger partial charge in [-0.3, -0.25) is 9.59 Å². The van der Waals surface area contributed by atoms with Gasteiger partial charge in [0.2, 0.25) is 5.91 Å². The van der Waals surface area contributed by atoms with Crippen LogP contribution in [0.25, 0.3) is 0 Å². The van der Waals surface area contributed by atoms with Crippen LogP contribution in [0, 0.1) is 12.8 Å². The molecule has 1 amide bonds. The highest BCUT2D eigenvalue weighted by Crippen LogP contribution is 2.53. The molecule has 1 N–H and O–H groups in total. The van der Waals surface area contributed by atoms with E-state index in [0.717, 1.165) is 21.6 Å². The third kappa shape index (κ3) is 4.77. The number of aliphatic carboxylic acids is 1. The summed E-state index contributed by atoms with van der Waals surface area (Å²) in [5.41, 5.74) is 2.69. The molecular weight excluding hydrogens is 494 g/mol. The molecule has 8 heteroatoms. The van der Waals surface area contributed by atoms with Crippen LogP contribution in [0.3, 0.4) is 0 Å². The zero-order valence-corrected chi connectivity index (χ0v) is 22.7. The van der Waals surface area contributed by atoms with E-state index < -0.39 is 35.8 Å². The first kappa shape index (κ1) is 26.3. The van der Waals surface area contributed by atoms with Crippen LogP contribution in [-0.2, 0) is 19.7 Å². The number of aryl methyl sites for hydroxylation is 1. The fraction of sp³-hybridized carbons (Fsp3) is 0.393. The number of ketones is 1. The number of Topliss-reactive ketones (excluding diaryl/α,β-unsaturated/α-hetero) is 1. The lowest BCUT2D eigenvalue weighted by Crippen LogP contribution is -2.45. The molecule has 3 heterocycles. The van der Waals surface area contributed by atoms with E-state index in [0.29, 0.717) is 4.88 Å². The first-order chi connectivity index (χ1) is 17.1. The lowest BCUT2D eigenvalue weighted by atomic mass is 9.77. The van der Waals surface area contributed by atoms with Crippen molar-refractivity contribution in [3.05, 3.63) is 79.7 Å². The SMILES string of the molecule is COCC(=O)N1C(C(=O)O)C(c2ccc(C(C)(C)C)cc2)C(C(=O)c2cccs2)C1c1sccc1C. The summed E-state index contributed by atoms with van der Waals surface area (Å²) in [6.45, 7) is 8.00. The number of amides is 1. The standard InChI is InChI=1S/C28H31NO5S2/c1-16-12-14-36-26(16)23-22(25(31)19-7-6-13-35-19)21(17-8-10-18(11-9-17)28(2,3)4)24(27(32)33)29(23)20(30)15-34-5/h6-14,21-24H,15H2,1-5H3,(H,32,33). The normalized spacial score (nSPS) is 22.1. The maximum atomic E-state index is 14.1. The van der Waals surface area contributed by atoms with Gasteiger partial charge < -0.3 is 14.7 Å². The van der Waals surface area contributed by atoms with Crippen molar-refractivity contribution in [2.75, 3.05) is 13.7 Å². The lowest BCUT2D eigenvalue weighted by molar-refractivity contribution is -0.151. The van der Waals surface area contributed by atoms with Crippen molar-refractivity contribution in [2.24, 2.45) is 5.92 Å². The third-order valence-corrected chi connectivity index (χ3v) is 8.85. The van der Waals surface area contributed by atoms with Crippen molar-refractivity contribution in [3.63, 3.8) is 0 Å². The van der Waals surface area contributed by atoms with Crippen LogP contribution in [0.5, 0.6) is 0 Å². The number of ether oxygens (including phenoxy) is 1. The Morgan fingerprint density at radius 3 is 2.22 bits per heavy atom. The average molecular weight is 526 g/mol. The number of hydrogen-bond donors (Lipinski definition) is 1. The van der Waals surface area contributed by atoms with Crippen molar-refractivity contribution < 1.29 is 24.2 Å². The van der Waals surface area contributed by atoms with E-state index in [2.05, 4.69) is 20.8 Å². The number of methoxy groups -OCH3 is 1. The summed E-state index contributed by atoms with van der Waals surface area (Å²) in [6, 6.07) is 11.4. The van der Waals surface area contributed by atoms with Gasteiger partial charge in [0.1, 0.15) is 12.6 Å². The van der Waals surface area contributed by atoms with Crippen LogP contribution < -0.4 is 0 Å². The van der Waals surface area contributed by atoms with Gasteiger partial charge in [0.25, 0.3) is 0 Å². The van der Waals surface area contributed by atoms with Gasteiger partial charge in [-0.15, -0.1) is 22.7 Å². The summed E-state index contributed by atoms with van der Waals surface area (Å²) in [5, 5.41) is 14.2. The van der Waals surface area contributed by atoms with Crippen LogP contribution >= 0.6 is 22.7 Å². The number of rotatable bonds is 7. The van der Waals surface area contributed by atoms with Crippen molar-refractivity contribution in [3.8, 4) is 0 Å². The molecule has 1 aliphatic heterocycles. The molecule has 1 aromatic carbocycles. The first-order valence-corrected chi connectivity index (χ1v) is 13.6. The molecule has 3 aromatic rings. The molecule has 1 fully saturated rings. The number of carbonyl (C=O) groups excluding carboxylic acids is 2. The summed E-state index contributed by atoms with van der Waals surface area (Å²) in [6.07, 6.45) is 0. The Hall–Kier alpha value is -2.81. The molecule has 1 saturated heterocycles. The number of carbonyl (C=O) groups is 3. The monoisotopic (exact) mass is 525 g/mol. The summed E-state index contributed by atoms with van der Waals surface area (Å²) in [5.74, 6) is -3.21. The number of carboxylic acids is 1. The van der Waals surface area contributed by atoms with Gasteiger partial charge in [-0.2, -0.15) is 0 Å². The molecule has 4 unspecified atom stereocenters. The highest BCUT2D eigenvalue weighted by atomic mass is 32.1. The second-order valence-electron chi connectivity index (χ2n) is 10.2. The Morgan fingerprint density at radius 1 is 1.03 bits per heavy atom. The summed E-state index contributed by atoms with van der Waals surface area (Å²) >= 11 is 2.78. The number of benzene rings is 1. The zero-order chi connectivity index (χ0) is 26.2. The molecule has 0 spiro atoms. The number of thiophene rings is 2.